The summed E-state index contributed by atoms with van der Waals surface area (Å²) in [7, 11) is 0. The number of hydrogen-bond acceptors (Lipinski definition) is 1. The van der Waals surface area contributed by atoms with E-state index in [-0.39, 0.29) is 15.6 Å². The third-order valence-electron chi connectivity index (χ3n) is 2.84. The van der Waals surface area contributed by atoms with E-state index in [1.165, 1.54) is 12.1 Å². The lowest BCUT2D eigenvalue weighted by atomic mass is 10.1. The second-order valence-corrected chi connectivity index (χ2v) is 5.33. The molecular formula is C15H11ClF3NS. The Balaban J connectivity index is 2.25. The van der Waals surface area contributed by atoms with Crippen molar-refractivity contribution < 1.29 is 13.2 Å². The summed E-state index contributed by atoms with van der Waals surface area (Å²) in [5.41, 5.74) is 1.17. The van der Waals surface area contributed by atoms with E-state index in [4.69, 9.17) is 23.8 Å². The molecule has 0 bridgehead atoms. The molecule has 2 aromatic carbocycles. The predicted octanol–water partition coefficient (Wildman–Crippen LogP) is 5.45. The van der Waals surface area contributed by atoms with Gasteiger partial charge in [0.1, 0.15) is 4.99 Å². The number of alkyl halides is 3. The minimum Gasteiger partial charge on any atom is -0.346 e. The summed E-state index contributed by atoms with van der Waals surface area (Å²) in [6.07, 6.45) is -4.51. The molecule has 0 fully saturated rings. The maximum atomic E-state index is 12.8. The Hall–Kier alpha value is -1.59. The van der Waals surface area contributed by atoms with Gasteiger partial charge in [-0.25, -0.2) is 0 Å². The fourth-order valence-electron chi connectivity index (χ4n) is 1.72. The molecule has 0 aliphatic heterocycles. The van der Waals surface area contributed by atoms with Crippen LogP contribution in [0.2, 0.25) is 5.02 Å². The quantitative estimate of drug-likeness (QED) is 0.735. The minimum absolute atomic E-state index is 0.209. The maximum Gasteiger partial charge on any atom is 0.417 e. The van der Waals surface area contributed by atoms with E-state index in [2.05, 4.69) is 5.32 Å². The van der Waals surface area contributed by atoms with E-state index < -0.39 is 11.7 Å². The van der Waals surface area contributed by atoms with Crippen LogP contribution in [0.4, 0.5) is 18.9 Å². The summed E-state index contributed by atoms with van der Waals surface area (Å²) in [5.74, 6) is 0. The number of rotatable bonds is 2. The summed E-state index contributed by atoms with van der Waals surface area (Å²) in [6, 6.07) is 11.0. The van der Waals surface area contributed by atoms with E-state index in [1.54, 1.807) is 0 Å². The molecule has 0 aliphatic carbocycles. The van der Waals surface area contributed by atoms with Gasteiger partial charge in [0.05, 0.1) is 10.6 Å². The minimum atomic E-state index is -4.51. The van der Waals surface area contributed by atoms with Crippen molar-refractivity contribution in [3.63, 3.8) is 0 Å². The Morgan fingerprint density at radius 3 is 2.29 bits per heavy atom. The predicted molar refractivity (Wildman–Crippen MR) is 83.0 cm³/mol. The van der Waals surface area contributed by atoms with E-state index in [0.717, 1.165) is 11.6 Å². The molecule has 0 unspecified atom stereocenters. The average molecular weight is 330 g/mol. The fourth-order valence-corrected chi connectivity index (χ4v) is 2.19. The molecular weight excluding hydrogens is 319 g/mol. The molecule has 0 spiro atoms. The Morgan fingerprint density at radius 1 is 1.10 bits per heavy atom. The van der Waals surface area contributed by atoms with Crippen molar-refractivity contribution in [3.05, 3.63) is 64.2 Å². The number of hydrogen-bond donors (Lipinski definition) is 1. The largest absolute Gasteiger partial charge is 0.417 e. The van der Waals surface area contributed by atoms with Crippen LogP contribution in [0, 0.1) is 6.92 Å². The first-order valence-electron chi connectivity index (χ1n) is 6.02. The molecule has 0 amide bonds. The Kier molecular flexibility index (Phi) is 4.54. The lowest BCUT2D eigenvalue weighted by Crippen LogP contribution is -2.13. The van der Waals surface area contributed by atoms with Crippen LogP contribution in [0.25, 0.3) is 0 Å². The smallest absolute Gasteiger partial charge is 0.346 e. The van der Waals surface area contributed by atoms with Gasteiger partial charge in [0, 0.05) is 11.3 Å². The van der Waals surface area contributed by atoms with Gasteiger partial charge in [0.15, 0.2) is 0 Å². The molecule has 110 valence electrons. The van der Waals surface area contributed by atoms with Crippen molar-refractivity contribution in [1.29, 1.82) is 0 Å². The van der Waals surface area contributed by atoms with Crippen molar-refractivity contribution >= 4 is 34.5 Å². The average Bonchev–Trinajstić information content (AvgIpc) is 2.40. The number of thiocarbonyl (C=S) groups is 1. The highest BCUT2D eigenvalue weighted by Crippen LogP contribution is 2.35. The zero-order valence-electron chi connectivity index (χ0n) is 11.0. The van der Waals surface area contributed by atoms with Gasteiger partial charge in [-0.1, -0.05) is 47.6 Å². The van der Waals surface area contributed by atoms with Crippen LogP contribution < -0.4 is 5.32 Å². The highest BCUT2D eigenvalue weighted by atomic mass is 35.5. The third kappa shape index (κ3) is 3.95. The summed E-state index contributed by atoms with van der Waals surface area (Å²) in [5, 5.41) is 2.56. The van der Waals surface area contributed by atoms with Crippen molar-refractivity contribution in [2.75, 3.05) is 5.32 Å². The molecule has 0 radical (unpaired) electrons. The molecule has 0 saturated carbocycles. The van der Waals surface area contributed by atoms with Crippen molar-refractivity contribution in [2.45, 2.75) is 13.1 Å². The summed E-state index contributed by atoms with van der Waals surface area (Å²) in [6.45, 7) is 1.94. The number of anilines is 1. The summed E-state index contributed by atoms with van der Waals surface area (Å²) in [4.78, 5) is 0.209. The molecule has 6 heteroatoms. The van der Waals surface area contributed by atoms with E-state index >= 15 is 0 Å². The molecule has 2 aromatic rings. The molecule has 1 N–H and O–H groups in total. The summed E-state index contributed by atoms with van der Waals surface area (Å²) < 4.78 is 38.4. The first kappa shape index (κ1) is 15.8. The van der Waals surface area contributed by atoms with Gasteiger partial charge in [0.2, 0.25) is 0 Å². The number of nitrogens with one attached hydrogen (secondary N) is 1. The van der Waals surface area contributed by atoms with Gasteiger partial charge in [-0.15, -0.1) is 0 Å². The standard InChI is InChI=1S/C15H11ClF3NS/c1-9-2-5-11(6-3-9)20-14(21)10-4-7-13(16)12(8-10)15(17,18)19/h2-8H,1H3,(H,20,21). The third-order valence-corrected chi connectivity index (χ3v) is 3.51. The lowest BCUT2D eigenvalue weighted by molar-refractivity contribution is -0.137. The molecule has 0 saturated heterocycles. The van der Waals surface area contributed by atoms with Crippen molar-refractivity contribution in [2.24, 2.45) is 0 Å². The second kappa shape index (κ2) is 6.03. The highest BCUT2D eigenvalue weighted by molar-refractivity contribution is 7.81. The van der Waals surface area contributed by atoms with E-state index in [0.29, 0.717) is 5.69 Å². The molecule has 1 nitrogen and oxygen atoms in total. The van der Waals surface area contributed by atoms with Gasteiger partial charge >= 0.3 is 6.18 Å². The SMILES string of the molecule is Cc1ccc(NC(=S)c2ccc(Cl)c(C(F)(F)F)c2)cc1. The first-order valence-corrected chi connectivity index (χ1v) is 6.81. The lowest BCUT2D eigenvalue weighted by Gasteiger charge is -2.13. The first-order chi connectivity index (χ1) is 9.77. The Morgan fingerprint density at radius 2 is 1.71 bits per heavy atom. The number of benzene rings is 2. The zero-order valence-corrected chi connectivity index (χ0v) is 12.5. The van der Waals surface area contributed by atoms with Crippen LogP contribution in [0.5, 0.6) is 0 Å². The van der Waals surface area contributed by atoms with Crippen LogP contribution in [0.3, 0.4) is 0 Å². The number of aryl methyl sites for hydroxylation is 1. The van der Waals surface area contributed by atoms with Gasteiger partial charge in [-0.3, -0.25) is 0 Å². The molecule has 0 aromatic heterocycles. The van der Waals surface area contributed by atoms with Crippen LogP contribution in [-0.2, 0) is 6.18 Å². The summed E-state index contributed by atoms with van der Waals surface area (Å²) >= 11 is 10.7. The molecule has 2 rings (SSSR count). The molecule has 0 heterocycles. The number of halogens is 4. The van der Waals surface area contributed by atoms with Gasteiger partial charge < -0.3 is 5.32 Å². The highest BCUT2D eigenvalue weighted by Gasteiger charge is 2.33. The van der Waals surface area contributed by atoms with Crippen LogP contribution in [0.15, 0.2) is 42.5 Å². The fraction of sp³-hybridized carbons (Fsp3) is 0.133. The van der Waals surface area contributed by atoms with E-state index in [9.17, 15) is 13.2 Å². The Bertz CT molecular complexity index is 666. The normalized spacial score (nSPS) is 11.3. The second-order valence-electron chi connectivity index (χ2n) is 4.51. The Labute approximate surface area is 130 Å². The van der Waals surface area contributed by atoms with Crippen molar-refractivity contribution in [3.8, 4) is 0 Å². The maximum absolute atomic E-state index is 12.8. The molecule has 0 aliphatic rings. The van der Waals surface area contributed by atoms with Gasteiger partial charge in [-0.05, 0) is 31.2 Å². The van der Waals surface area contributed by atoms with Crippen LogP contribution in [-0.4, -0.2) is 4.99 Å². The molecule has 0 atom stereocenters. The van der Waals surface area contributed by atoms with Gasteiger partial charge in [0.25, 0.3) is 0 Å². The van der Waals surface area contributed by atoms with E-state index in [1.807, 2.05) is 31.2 Å². The van der Waals surface area contributed by atoms with Gasteiger partial charge in [-0.2, -0.15) is 13.2 Å². The topological polar surface area (TPSA) is 12.0 Å². The van der Waals surface area contributed by atoms with Crippen LogP contribution >= 0.6 is 23.8 Å². The monoisotopic (exact) mass is 329 g/mol. The van der Waals surface area contributed by atoms with Crippen LogP contribution in [0.1, 0.15) is 16.7 Å². The molecule has 21 heavy (non-hydrogen) atoms. The van der Waals surface area contributed by atoms with Crippen molar-refractivity contribution in [1.82, 2.24) is 0 Å². The zero-order chi connectivity index (χ0) is 15.6.